The van der Waals surface area contributed by atoms with Gasteiger partial charge in [-0.05, 0) is 0 Å². The van der Waals surface area contributed by atoms with Crippen molar-refractivity contribution in [2.45, 2.75) is 24.2 Å². The molecule has 0 rings (SSSR count). The molecule has 0 N–H and O–H groups in total. The van der Waals surface area contributed by atoms with Crippen LogP contribution in [-0.4, -0.2) is 55.4 Å². The molecule has 0 aromatic rings. The number of halogens is 12. The molecule has 0 amide bonds. The van der Waals surface area contributed by atoms with Crippen molar-refractivity contribution in [2.75, 3.05) is 26.7 Å². The number of nitrogens with zero attached hydrogens (tertiary/aromatic N) is 1. The SMILES string of the molecule is FCC(F)(F)[N+](C(F)(F)CF)(C(F)(F)CF)C(F)(F)CF. The Bertz CT molecular complexity index is 284. The average molecular weight is 346 g/mol. The highest BCUT2D eigenvalue weighted by Crippen LogP contribution is 2.57. The fourth-order valence-corrected chi connectivity index (χ4v) is 1.79. The van der Waals surface area contributed by atoms with E-state index in [2.05, 4.69) is 0 Å². The third-order valence-corrected chi connectivity index (χ3v) is 2.61. The third kappa shape index (κ3) is 2.52. The van der Waals surface area contributed by atoms with Gasteiger partial charge in [-0.3, -0.25) is 0 Å². The van der Waals surface area contributed by atoms with Gasteiger partial charge in [0, 0.05) is 0 Å². The predicted octanol–water partition coefficient (Wildman–Crippen LogP) is 4.05. The van der Waals surface area contributed by atoms with E-state index >= 15 is 0 Å². The summed E-state index contributed by atoms with van der Waals surface area (Å²) in [5.74, 6) is 0. The van der Waals surface area contributed by atoms with E-state index in [1.807, 2.05) is 0 Å². The minimum Gasteiger partial charge on any atom is -0.237 e. The van der Waals surface area contributed by atoms with Gasteiger partial charge < -0.3 is 0 Å². The van der Waals surface area contributed by atoms with E-state index in [0.717, 1.165) is 0 Å². The number of hydrogen-bond donors (Lipinski definition) is 0. The molecule has 13 heteroatoms. The van der Waals surface area contributed by atoms with Crippen molar-refractivity contribution in [3.8, 4) is 0 Å². The molecule has 0 bridgehead atoms. The topological polar surface area (TPSA) is 0 Å². The molecule has 0 aliphatic carbocycles. The van der Waals surface area contributed by atoms with Crippen LogP contribution in [0.4, 0.5) is 52.7 Å². The van der Waals surface area contributed by atoms with Gasteiger partial charge in [0.05, 0.1) is 0 Å². The van der Waals surface area contributed by atoms with Gasteiger partial charge in [-0.25, -0.2) is 17.6 Å². The maximum atomic E-state index is 13.2. The first-order valence-electron chi connectivity index (χ1n) is 4.89. The lowest BCUT2D eigenvalue weighted by molar-refractivity contribution is -1.19. The van der Waals surface area contributed by atoms with Crippen LogP contribution in [0.2, 0.25) is 0 Å². The van der Waals surface area contributed by atoms with Crippen LogP contribution in [-0.2, 0) is 0 Å². The molecule has 128 valence electrons. The summed E-state index contributed by atoms with van der Waals surface area (Å²) in [6.45, 7) is -14.2. The van der Waals surface area contributed by atoms with Gasteiger partial charge in [0.15, 0.2) is 0 Å². The number of hydrogen-bond acceptors (Lipinski definition) is 0. The molecule has 0 aromatic heterocycles. The molecule has 0 aromatic carbocycles. The number of rotatable bonds is 8. The second kappa shape index (κ2) is 5.72. The zero-order chi connectivity index (χ0) is 17.3. The maximum Gasteiger partial charge on any atom is 0.433 e. The largest absolute Gasteiger partial charge is 0.433 e. The highest BCUT2D eigenvalue weighted by Gasteiger charge is 2.89. The molecule has 0 saturated carbocycles. The van der Waals surface area contributed by atoms with Crippen molar-refractivity contribution in [2.24, 2.45) is 0 Å². The highest BCUT2D eigenvalue weighted by atomic mass is 19.3. The van der Waals surface area contributed by atoms with Crippen LogP contribution < -0.4 is 0 Å². The van der Waals surface area contributed by atoms with Crippen LogP contribution in [0.15, 0.2) is 0 Å². The van der Waals surface area contributed by atoms with E-state index in [-0.39, 0.29) is 0 Å². The average Bonchev–Trinajstić information content (AvgIpc) is 2.37. The quantitative estimate of drug-likeness (QED) is 0.353. The van der Waals surface area contributed by atoms with Crippen LogP contribution in [0.1, 0.15) is 0 Å². The lowest BCUT2D eigenvalue weighted by Gasteiger charge is -2.50. The zero-order valence-electron chi connectivity index (χ0n) is 9.81. The minimum absolute atomic E-state index is 3.56. The molecule has 0 fully saturated rings. The molecule has 0 saturated heterocycles. The van der Waals surface area contributed by atoms with Gasteiger partial charge in [0.1, 0.15) is 0 Å². The molecule has 0 aliphatic heterocycles. The molecule has 0 spiro atoms. The molecule has 0 heterocycles. The van der Waals surface area contributed by atoms with E-state index in [4.69, 9.17) is 0 Å². The second-order valence-electron chi connectivity index (χ2n) is 3.87. The van der Waals surface area contributed by atoms with Crippen LogP contribution >= 0.6 is 0 Å². The summed E-state index contributed by atoms with van der Waals surface area (Å²) in [7, 11) is 0. The zero-order valence-corrected chi connectivity index (χ0v) is 9.81. The second-order valence-corrected chi connectivity index (χ2v) is 3.87. The summed E-state index contributed by atoms with van der Waals surface area (Å²) >= 11 is 0. The molecular weight excluding hydrogens is 338 g/mol. The van der Waals surface area contributed by atoms with Crippen LogP contribution in [0.25, 0.3) is 0 Å². The third-order valence-electron chi connectivity index (χ3n) is 2.61. The molecule has 0 unspecified atom stereocenters. The van der Waals surface area contributed by atoms with Gasteiger partial charge in [-0.15, -0.1) is 35.1 Å². The summed E-state index contributed by atoms with van der Waals surface area (Å²) in [6, 6.07) is -25.6. The van der Waals surface area contributed by atoms with Gasteiger partial charge >= 0.3 is 24.2 Å². The Morgan fingerprint density at radius 1 is 0.429 bits per heavy atom. The normalized spacial score (nSPS) is 15.4. The van der Waals surface area contributed by atoms with E-state index in [1.165, 1.54) is 0 Å². The first kappa shape index (κ1) is 20.1. The van der Waals surface area contributed by atoms with E-state index in [1.54, 1.807) is 0 Å². The van der Waals surface area contributed by atoms with Crippen LogP contribution in [0.5, 0.6) is 0 Å². The van der Waals surface area contributed by atoms with Gasteiger partial charge in [0.2, 0.25) is 26.7 Å². The summed E-state index contributed by atoms with van der Waals surface area (Å²) < 4.78 is 148. The van der Waals surface area contributed by atoms with Crippen LogP contribution in [0, 0.1) is 0 Å². The molecule has 0 aliphatic rings. The Balaban J connectivity index is 6.85. The summed E-state index contributed by atoms with van der Waals surface area (Å²) in [4.78, 5) is 0. The Hall–Kier alpha value is -0.880. The summed E-state index contributed by atoms with van der Waals surface area (Å²) in [5.41, 5.74) is 0. The Morgan fingerprint density at radius 2 is 0.571 bits per heavy atom. The summed E-state index contributed by atoms with van der Waals surface area (Å²) in [6.07, 6.45) is 0. The Kier molecular flexibility index (Phi) is 5.48. The highest BCUT2D eigenvalue weighted by molar-refractivity contribution is 4.76. The standard InChI is InChI=1S/C8H8F12N/c9-1-5(13,14)21(6(15,16)2-10,7(17,18)3-11)8(19,20)4-12/h1-4H2/q+1. The molecule has 0 atom stereocenters. The number of alkyl halides is 12. The smallest absolute Gasteiger partial charge is 0.237 e. The lowest BCUT2D eigenvalue weighted by atomic mass is 10.2. The number of quaternary nitrogens is 1. The van der Waals surface area contributed by atoms with Crippen molar-refractivity contribution >= 4 is 0 Å². The Morgan fingerprint density at radius 3 is 0.667 bits per heavy atom. The maximum absolute atomic E-state index is 13.2. The first-order chi connectivity index (χ1) is 9.24. The molecule has 21 heavy (non-hydrogen) atoms. The van der Waals surface area contributed by atoms with Crippen molar-refractivity contribution in [3.05, 3.63) is 0 Å². The van der Waals surface area contributed by atoms with Crippen molar-refractivity contribution in [1.29, 1.82) is 0 Å². The lowest BCUT2D eigenvalue weighted by Crippen LogP contribution is -2.84. The van der Waals surface area contributed by atoms with Crippen molar-refractivity contribution < 1.29 is 57.2 Å². The van der Waals surface area contributed by atoms with Gasteiger partial charge in [-0.2, -0.15) is 0 Å². The summed E-state index contributed by atoms with van der Waals surface area (Å²) in [5, 5.41) is 0. The van der Waals surface area contributed by atoms with E-state index < -0.39 is 55.4 Å². The fraction of sp³-hybridized carbons (Fsp3) is 1.00. The van der Waals surface area contributed by atoms with Crippen molar-refractivity contribution in [3.63, 3.8) is 0 Å². The predicted molar refractivity (Wildman–Crippen MR) is 43.9 cm³/mol. The molecular formula is C8H8F12N+. The molecule has 1 nitrogen and oxygen atoms in total. The fourth-order valence-electron chi connectivity index (χ4n) is 1.79. The van der Waals surface area contributed by atoms with E-state index in [0.29, 0.717) is 0 Å². The van der Waals surface area contributed by atoms with Gasteiger partial charge in [0.25, 0.3) is 0 Å². The monoisotopic (exact) mass is 346 g/mol. The Labute approximate surface area is 109 Å². The van der Waals surface area contributed by atoms with Crippen molar-refractivity contribution in [1.82, 2.24) is 0 Å². The molecule has 0 radical (unpaired) electrons. The van der Waals surface area contributed by atoms with E-state index in [9.17, 15) is 52.7 Å². The first-order valence-corrected chi connectivity index (χ1v) is 4.89. The van der Waals surface area contributed by atoms with Crippen LogP contribution in [0.3, 0.4) is 0 Å². The minimum atomic E-state index is -6.39. The van der Waals surface area contributed by atoms with Gasteiger partial charge in [-0.1, -0.05) is 4.48 Å².